The summed E-state index contributed by atoms with van der Waals surface area (Å²) >= 11 is 5.30. The first kappa shape index (κ1) is 13.0. The molecule has 1 aromatic rings. The van der Waals surface area contributed by atoms with Gasteiger partial charge in [-0.25, -0.2) is 13.8 Å². The van der Waals surface area contributed by atoms with Crippen molar-refractivity contribution in [3.05, 3.63) is 22.3 Å². The molecule has 0 unspecified atom stereocenters. The molecule has 1 heterocycles. The van der Waals surface area contributed by atoms with E-state index in [9.17, 15) is 22.0 Å². The van der Waals surface area contributed by atoms with Crippen LogP contribution in [0.5, 0.6) is 5.88 Å². The number of halogens is 6. The Morgan fingerprint density at radius 2 is 1.94 bits per heavy atom. The Morgan fingerprint density at radius 3 is 2.31 bits per heavy atom. The highest BCUT2D eigenvalue weighted by Crippen LogP contribution is 2.43. The maximum atomic E-state index is 12.5. The van der Waals surface area contributed by atoms with Crippen molar-refractivity contribution in [2.75, 3.05) is 7.11 Å². The summed E-state index contributed by atoms with van der Waals surface area (Å²) in [7, 11) is 1.04. The summed E-state index contributed by atoms with van der Waals surface area (Å²) in [5, 5.41) is -0.965. The van der Waals surface area contributed by atoms with Gasteiger partial charge in [-0.2, -0.15) is 13.2 Å². The van der Waals surface area contributed by atoms with Gasteiger partial charge in [0.1, 0.15) is 5.02 Å². The molecule has 0 saturated heterocycles. The van der Waals surface area contributed by atoms with Gasteiger partial charge in [-0.3, -0.25) is 0 Å². The van der Waals surface area contributed by atoms with Crippen LogP contribution < -0.4 is 4.74 Å². The maximum Gasteiger partial charge on any atom is 0.418 e. The molecule has 0 N–H and O–H groups in total. The summed E-state index contributed by atoms with van der Waals surface area (Å²) in [4.78, 5) is 3.26. The molecule has 0 aliphatic rings. The van der Waals surface area contributed by atoms with Crippen LogP contribution in [0.1, 0.15) is 17.6 Å². The number of aromatic nitrogens is 1. The van der Waals surface area contributed by atoms with Crippen LogP contribution >= 0.6 is 11.6 Å². The highest BCUT2D eigenvalue weighted by atomic mass is 35.5. The summed E-state index contributed by atoms with van der Waals surface area (Å²) in [6, 6.07) is 0. The summed E-state index contributed by atoms with van der Waals surface area (Å²) in [5.41, 5.74) is -2.88. The van der Waals surface area contributed by atoms with E-state index < -0.39 is 34.6 Å². The predicted octanol–water partition coefficient (Wildman–Crippen LogP) is 3.70. The molecule has 0 aliphatic carbocycles. The average Bonchev–Trinajstić information content (AvgIpc) is 2.14. The third kappa shape index (κ3) is 2.34. The summed E-state index contributed by atoms with van der Waals surface area (Å²) in [6.45, 7) is 0. The molecule has 0 bridgehead atoms. The average molecular weight is 262 g/mol. The second kappa shape index (κ2) is 4.40. The molecule has 0 saturated carbocycles. The molecule has 16 heavy (non-hydrogen) atoms. The van der Waals surface area contributed by atoms with E-state index >= 15 is 0 Å². The number of hydrogen-bond acceptors (Lipinski definition) is 2. The van der Waals surface area contributed by atoms with Gasteiger partial charge in [0.15, 0.2) is 0 Å². The van der Waals surface area contributed by atoms with Gasteiger partial charge in [0.25, 0.3) is 6.43 Å². The number of hydrogen-bond donors (Lipinski definition) is 0. The molecule has 1 aromatic heterocycles. The SMILES string of the molecule is COc1ncc(C(F)F)c(C(F)(F)F)c1Cl. The molecule has 0 spiro atoms. The summed E-state index contributed by atoms with van der Waals surface area (Å²) in [6.07, 6.45) is -7.90. The number of nitrogens with zero attached hydrogens (tertiary/aromatic N) is 1. The van der Waals surface area contributed by atoms with E-state index in [1.807, 2.05) is 0 Å². The fraction of sp³-hybridized carbons (Fsp3) is 0.375. The standard InChI is InChI=1S/C8H5ClF5NO/c1-16-7-5(9)4(8(12,13)14)3(2-15-7)6(10)11/h2,6H,1H3. The monoisotopic (exact) mass is 261 g/mol. The highest BCUT2D eigenvalue weighted by molar-refractivity contribution is 6.32. The topological polar surface area (TPSA) is 22.1 Å². The molecule has 0 atom stereocenters. The van der Waals surface area contributed by atoms with Crippen LogP contribution in [-0.4, -0.2) is 12.1 Å². The van der Waals surface area contributed by atoms with E-state index in [1.54, 1.807) is 0 Å². The lowest BCUT2D eigenvalue weighted by Crippen LogP contribution is -2.12. The molecular formula is C8H5ClF5NO. The number of methoxy groups -OCH3 is 1. The fourth-order valence-electron chi connectivity index (χ4n) is 1.08. The Kier molecular flexibility index (Phi) is 3.57. The van der Waals surface area contributed by atoms with Crippen LogP contribution in [-0.2, 0) is 6.18 Å². The number of pyridine rings is 1. The molecule has 8 heteroatoms. The predicted molar refractivity (Wildman–Crippen MR) is 45.8 cm³/mol. The van der Waals surface area contributed by atoms with E-state index in [-0.39, 0.29) is 0 Å². The lowest BCUT2D eigenvalue weighted by atomic mass is 10.1. The lowest BCUT2D eigenvalue weighted by Gasteiger charge is -2.15. The molecular weight excluding hydrogens is 257 g/mol. The molecule has 0 aliphatic heterocycles. The van der Waals surface area contributed by atoms with Gasteiger partial charge in [-0.1, -0.05) is 11.6 Å². The third-order valence-electron chi connectivity index (χ3n) is 1.73. The van der Waals surface area contributed by atoms with Crippen molar-refractivity contribution in [1.82, 2.24) is 4.98 Å². The molecule has 0 amide bonds. The van der Waals surface area contributed by atoms with Crippen molar-refractivity contribution < 1.29 is 26.7 Å². The Labute approximate surface area is 92.0 Å². The van der Waals surface area contributed by atoms with E-state index in [2.05, 4.69) is 9.72 Å². The minimum Gasteiger partial charge on any atom is -0.480 e. The van der Waals surface area contributed by atoms with Gasteiger partial charge in [0.05, 0.1) is 18.2 Å². The van der Waals surface area contributed by atoms with Crippen LogP contribution in [0.15, 0.2) is 6.20 Å². The molecule has 1 rings (SSSR count). The van der Waals surface area contributed by atoms with E-state index in [0.29, 0.717) is 6.20 Å². The fourth-order valence-corrected chi connectivity index (χ4v) is 1.42. The van der Waals surface area contributed by atoms with E-state index in [1.165, 1.54) is 0 Å². The zero-order valence-corrected chi connectivity index (χ0v) is 8.53. The van der Waals surface area contributed by atoms with Crippen LogP contribution in [0, 0.1) is 0 Å². The number of rotatable bonds is 2. The van der Waals surface area contributed by atoms with Gasteiger partial charge in [0, 0.05) is 6.20 Å². The smallest absolute Gasteiger partial charge is 0.418 e. The zero-order valence-electron chi connectivity index (χ0n) is 7.78. The van der Waals surface area contributed by atoms with Crippen LogP contribution in [0.25, 0.3) is 0 Å². The normalized spacial score (nSPS) is 12.0. The first-order chi connectivity index (χ1) is 7.29. The number of ether oxygens (including phenoxy) is 1. The Hall–Kier alpha value is -1.11. The second-order valence-corrected chi connectivity index (χ2v) is 3.09. The van der Waals surface area contributed by atoms with Gasteiger partial charge in [0.2, 0.25) is 5.88 Å². The molecule has 2 nitrogen and oxygen atoms in total. The van der Waals surface area contributed by atoms with Crippen molar-refractivity contribution in [2.45, 2.75) is 12.6 Å². The maximum absolute atomic E-state index is 12.5. The quantitative estimate of drug-likeness (QED) is 0.757. The van der Waals surface area contributed by atoms with Crippen molar-refractivity contribution in [2.24, 2.45) is 0 Å². The minimum absolute atomic E-state index is 0.401. The van der Waals surface area contributed by atoms with Gasteiger partial charge in [-0.05, 0) is 0 Å². The molecule has 0 aromatic carbocycles. The molecule has 0 fully saturated rings. The first-order valence-corrected chi connectivity index (χ1v) is 4.24. The van der Waals surface area contributed by atoms with Crippen LogP contribution in [0.2, 0.25) is 5.02 Å². The Bertz CT molecular complexity index is 393. The highest BCUT2D eigenvalue weighted by Gasteiger charge is 2.40. The van der Waals surface area contributed by atoms with Crippen molar-refractivity contribution in [1.29, 1.82) is 0 Å². The first-order valence-electron chi connectivity index (χ1n) is 3.86. The summed E-state index contributed by atoms with van der Waals surface area (Å²) < 4.78 is 66.6. The van der Waals surface area contributed by atoms with Crippen molar-refractivity contribution in [3.63, 3.8) is 0 Å². The van der Waals surface area contributed by atoms with Gasteiger partial charge in [-0.15, -0.1) is 0 Å². The van der Waals surface area contributed by atoms with E-state index in [4.69, 9.17) is 11.6 Å². The third-order valence-corrected chi connectivity index (χ3v) is 2.08. The van der Waals surface area contributed by atoms with Crippen LogP contribution in [0.3, 0.4) is 0 Å². The van der Waals surface area contributed by atoms with Crippen molar-refractivity contribution in [3.8, 4) is 5.88 Å². The second-order valence-electron chi connectivity index (χ2n) is 2.71. The molecule has 90 valence electrons. The minimum atomic E-state index is -4.99. The lowest BCUT2D eigenvalue weighted by molar-refractivity contribution is -0.139. The molecule has 0 radical (unpaired) electrons. The van der Waals surface area contributed by atoms with Crippen molar-refractivity contribution >= 4 is 11.6 Å². The Balaban J connectivity index is 3.50. The number of alkyl halides is 5. The zero-order chi connectivity index (χ0) is 12.5. The van der Waals surface area contributed by atoms with E-state index in [0.717, 1.165) is 7.11 Å². The van der Waals surface area contributed by atoms with Crippen LogP contribution in [0.4, 0.5) is 22.0 Å². The van der Waals surface area contributed by atoms with Gasteiger partial charge < -0.3 is 4.74 Å². The Morgan fingerprint density at radius 1 is 1.38 bits per heavy atom. The largest absolute Gasteiger partial charge is 0.480 e. The van der Waals surface area contributed by atoms with Gasteiger partial charge >= 0.3 is 6.18 Å². The summed E-state index contributed by atoms with van der Waals surface area (Å²) in [5.74, 6) is -0.543.